The van der Waals surface area contributed by atoms with Gasteiger partial charge in [0.05, 0.1) is 39.6 Å². The monoisotopic (exact) mass is 274 g/mol. The molecule has 0 radical (unpaired) electrons. The molecule has 2 aliphatic rings. The van der Waals surface area contributed by atoms with Gasteiger partial charge in [-0.3, -0.25) is 9.80 Å². The fourth-order valence-electron chi connectivity index (χ4n) is 2.47. The van der Waals surface area contributed by atoms with E-state index in [1.807, 2.05) is 0 Å². The van der Waals surface area contributed by atoms with Gasteiger partial charge in [-0.25, -0.2) is 0 Å². The highest BCUT2D eigenvalue weighted by Gasteiger charge is 2.20. The molecule has 0 aromatic heterocycles. The number of nitrogens with zero attached hydrogens (tertiary/aromatic N) is 2. The van der Waals surface area contributed by atoms with Gasteiger partial charge in [0.1, 0.15) is 6.23 Å². The van der Waals surface area contributed by atoms with E-state index in [4.69, 9.17) is 14.2 Å². The summed E-state index contributed by atoms with van der Waals surface area (Å²) in [5, 5.41) is 9.39. The average molecular weight is 274 g/mol. The molecule has 2 rings (SSSR count). The molecule has 19 heavy (non-hydrogen) atoms. The summed E-state index contributed by atoms with van der Waals surface area (Å²) in [4.78, 5) is 4.55. The van der Waals surface area contributed by atoms with Crippen LogP contribution in [0.25, 0.3) is 0 Å². The van der Waals surface area contributed by atoms with Crippen molar-refractivity contribution in [2.75, 3.05) is 72.4 Å². The Kier molecular flexibility index (Phi) is 7.05. The number of hydrogen-bond donors (Lipinski definition) is 1. The lowest BCUT2D eigenvalue weighted by molar-refractivity contribution is -0.117. The summed E-state index contributed by atoms with van der Waals surface area (Å²) in [6.45, 7) is 8.66. The molecule has 0 aromatic rings. The molecule has 2 saturated heterocycles. The van der Waals surface area contributed by atoms with Crippen LogP contribution in [0.1, 0.15) is 6.42 Å². The van der Waals surface area contributed by atoms with Crippen molar-refractivity contribution in [2.45, 2.75) is 12.6 Å². The van der Waals surface area contributed by atoms with Crippen LogP contribution >= 0.6 is 0 Å². The van der Waals surface area contributed by atoms with Crippen LogP contribution in [0.15, 0.2) is 0 Å². The molecule has 1 atom stereocenters. The van der Waals surface area contributed by atoms with Gasteiger partial charge in [-0.05, 0) is 6.42 Å². The highest BCUT2D eigenvalue weighted by atomic mass is 16.5. The van der Waals surface area contributed by atoms with Gasteiger partial charge in [-0.2, -0.15) is 0 Å². The molecule has 0 saturated carbocycles. The highest BCUT2D eigenvalue weighted by molar-refractivity contribution is 4.67. The maximum absolute atomic E-state index is 9.39. The molecule has 112 valence electrons. The Balaban J connectivity index is 1.57. The summed E-state index contributed by atoms with van der Waals surface area (Å²) in [5.74, 6) is 0. The van der Waals surface area contributed by atoms with Gasteiger partial charge in [0.15, 0.2) is 0 Å². The van der Waals surface area contributed by atoms with Crippen molar-refractivity contribution in [1.82, 2.24) is 9.80 Å². The minimum atomic E-state index is -0.173. The van der Waals surface area contributed by atoms with E-state index in [0.29, 0.717) is 6.61 Å². The van der Waals surface area contributed by atoms with Crippen molar-refractivity contribution < 1.29 is 19.3 Å². The molecule has 0 amide bonds. The molecular weight excluding hydrogens is 248 g/mol. The topological polar surface area (TPSA) is 54.4 Å². The molecule has 1 unspecified atom stereocenters. The average Bonchev–Trinajstić information content (AvgIpc) is 2.49. The van der Waals surface area contributed by atoms with E-state index in [1.54, 1.807) is 0 Å². The van der Waals surface area contributed by atoms with Crippen LogP contribution in [0, 0.1) is 0 Å². The number of rotatable bonds is 7. The number of ether oxygens (including phenoxy) is 3. The van der Waals surface area contributed by atoms with Crippen molar-refractivity contribution in [3.05, 3.63) is 0 Å². The van der Waals surface area contributed by atoms with Crippen LogP contribution in [-0.4, -0.2) is 93.5 Å². The van der Waals surface area contributed by atoms with E-state index in [9.17, 15) is 5.11 Å². The van der Waals surface area contributed by atoms with Crippen LogP contribution < -0.4 is 0 Å². The summed E-state index contributed by atoms with van der Waals surface area (Å²) in [5.41, 5.74) is 0. The predicted molar refractivity (Wildman–Crippen MR) is 71.1 cm³/mol. The van der Waals surface area contributed by atoms with Crippen LogP contribution in [-0.2, 0) is 14.2 Å². The molecule has 6 nitrogen and oxygen atoms in total. The number of hydrogen-bond acceptors (Lipinski definition) is 6. The second-order valence-electron chi connectivity index (χ2n) is 4.96. The molecular formula is C13H26N2O4. The minimum absolute atomic E-state index is 0.0531. The van der Waals surface area contributed by atoms with Gasteiger partial charge in [0.25, 0.3) is 0 Å². The minimum Gasteiger partial charge on any atom is -0.392 e. The summed E-state index contributed by atoms with van der Waals surface area (Å²) < 4.78 is 16.4. The Hall–Kier alpha value is -0.240. The Bertz CT molecular complexity index is 231. The van der Waals surface area contributed by atoms with E-state index < -0.39 is 0 Å². The lowest BCUT2D eigenvalue weighted by atomic mass is 10.3. The van der Waals surface area contributed by atoms with E-state index in [-0.39, 0.29) is 12.8 Å². The number of aliphatic hydroxyl groups excluding tert-OH is 1. The zero-order chi connectivity index (χ0) is 13.3. The van der Waals surface area contributed by atoms with Gasteiger partial charge < -0.3 is 19.3 Å². The van der Waals surface area contributed by atoms with Crippen molar-refractivity contribution in [3.63, 3.8) is 0 Å². The third-order valence-corrected chi connectivity index (χ3v) is 3.64. The van der Waals surface area contributed by atoms with E-state index in [2.05, 4.69) is 9.80 Å². The lowest BCUT2D eigenvalue weighted by Gasteiger charge is -2.33. The van der Waals surface area contributed by atoms with E-state index >= 15 is 0 Å². The van der Waals surface area contributed by atoms with E-state index in [0.717, 1.165) is 65.6 Å². The third-order valence-electron chi connectivity index (χ3n) is 3.64. The Labute approximate surface area is 115 Å². The van der Waals surface area contributed by atoms with E-state index in [1.165, 1.54) is 0 Å². The van der Waals surface area contributed by atoms with Crippen LogP contribution in [0.3, 0.4) is 0 Å². The lowest BCUT2D eigenvalue weighted by Crippen LogP contribution is -2.47. The number of morpholine rings is 2. The molecule has 0 spiro atoms. The fourth-order valence-corrected chi connectivity index (χ4v) is 2.47. The first-order valence-corrected chi connectivity index (χ1v) is 7.24. The Morgan fingerprint density at radius 2 is 1.63 bits per heavy atom. The SMILES string of the molecule is OCC(OCCCN1CCOCC1)N1CCOCC1. The summed E-state index contributed by atoms with van der Waals surface area (Å²) in [6.07, 6.45) is 0.828. The fraction of sp³-hybridized carbons (Fsp3) is 1.00. The second kappa shape index (κ2) is 8.84. The first kappa shape index (κ1) is 15.2. The standard InChI is InChI=1S/C13H26N2O4/c16-12-13(15-5-10-18-11-6-15)19-7-1-2-14-3-8-17-9-4-14/h13,16H,1-12H2. The number of aliphatic hydroxyl groups is 1. The van der Waals surface area contributed by atoms with Crippen molar-refractivity contribution in [3.8, 4) is 0 Å². The second-order valence-corrected chi connectivity index (χ2v) is 4.96. The zero-order valence-corrected chi connectivity index (χ0v) is 11.6. The van der Waals surface area contributed by atoms with Crippen molar-refractivity contribution in [2.24, 2.45) is 0 Å². The molecule has 6 heteroatoms. The van der Waals surface area contributed by atoms with Crippen LogP contribution in [0.4, 0.5) is 0 Å². The zero-order valence-electron chi connectivity index (χ0n) is 11.6. The Morgan fingerprint density at radius 1 is 1.00 bits per heavy atom. The quantitative estimate of drug-likeness (QED) is 0.624. The summed E-state index contributed by atoms with van der Waals surface area (Å²) in [7, 11) is 0. The highest BCUT2D eigenvalue weighted by Crippen LogP contribution is 2.06. The third kappa shape index (κ3) is 5.33. The predicted octanol–water partition coefficient (Wildman–Crippen LogP) is -0.624. The van der Waals surface area contributed by atoms with Crippen molar-refractivity contribution in [1.29, 1.82) is 0 Å². The first-order valence-electron chi connectivity index (χ1n) is 7.24. The molecule has 0 aliphatic carbocycles. The maximum Gasteiger partial charge on any atom is 0.134 e. The maximum atomic E-state index is 9.39. The largest absolute Gasteiger partial charge is 0.392 e. The van der Waals surface area contributed by atoms with Gasteiger partial charge >= 0.3 is 0 Å². The molecule has 2 heterocycles. The Morgan fingerprint density at radius 3 is 2.26 bits per heavy atom. The smallest absolute Gasteiger partial charge is 0.134 e. The molecule has 0 aromatic carbocycles. The summed E-state index contributed by atoms with van der Waals surface area (Å²) in [6, 6.07) is 0. The van der Waals surface area contributed by atoms with Crippen molar-refractivity contribution >= 4 is 0 Å². The first-order chi connectivity index (χ1) is 9.40. The normalized spacial score (nSPS) is 24.5. The van der Waals surface area contributed by atoms with Gasteiger partial charge in [0, 0.05) is 32.7 Å². The molecule has 2 fully saturated rings. The molecule has 0 bridgehead atoms. The van der Waals surface area contributed by atoms with Gasteiger partial charge in [-0.15, -0.1) is 0 Å². The summed E-state index contributed by atoms with van der Waals surface area (Å²) >= 11 is 0. The molecule has 2 aliphatic heterocycles. The molecule has 1 N–H and O–H groups in total. The van der Waals surface area contributed by atoms with Crippen LogP contribution in [0.5, 0.6) is 0 Å². The van der Waals surface area contributed by atoms with Gasteiger partial charge in [0.2, 0.25) is 0 Å². The van der Waals surface area contributed by atoms with Crippen LogP contribution in [0.2, 0.25) is 0 Å². The van der Waals surface area contributed by atoms with Gasteiger partial charge in [-0.1, -0.05) is 0 Å².